The minimum absolute atomic E-state index is 0.0799. The number of nitrogens with one attached hydrogen (secondary N) is 1. The number of thiol groups is 1. The number of anilines is 1. The molecule has 0 aliphatic carbocycles. The maximum absolute atomic E-state index is 12.4. The highest BCUT2D eigenvalue weighted by Gasteiger charge is 2.34. The molecule has 0 unspecified atom stereocenters. The van der Waals surface area contributed by atoms with E-state index in [9.17, 15) is 23.1 Å². The van der Waals surface area contributed by atoms with Crippen LogP contribution in [0.25, 0.3) is 0 Å². The van der Waals surface area contributed by atoms with Crippen molar-refractivity contribution in [2.75, 3.05) is 5.32 Å². The lowest BCUT2D eigenvalue weighted by Gasteiger charge is -2.08. The summed E-state index contributed by atoms with van der Waals surface area (Å²) in [5.74, 6) is -1.01. The molecule has 1 heterocycles. The fourth-order valence-electron chi connectivity index (χ4n) is 1.56. The average molecular weight is 334 g/mol. The number of carbonyl (C=O) groups excluding carboxylic acids is 1. The number of nitrogens with zero attached hydrogens (tertiary/aromatic N) is 1. The number of aromatic nitrogens is 1. The summed E-state index contributed by atoms with van der Waals surface area (Å²) in [6.45, 7) is 1.58. The van der Waals surface area contributed by atoms with Gasteiger partial charge in [-0.2, -0.15) is 13.2 Å². The first-order valence-electron chi connectivity index (χ1n) is 5.55. The molecule has 2 N–H and O–H groups in total. The molecule has 0 radical (unpaired) electrons. The smallest absolute Gasteiger partial charge is 0.434 e. The Kier molecular flexibility index (Phi) is 4.15. The second-order valence-corrected chi connectivity index (χ2v) is 5.52. The topological polar surface area (TPSA) is 62.2 Å². The first-order valence-corrected chi connectivity index (χ1v) is 6.88. The van der Waals surface area contributed by atoms with Crippen LogP contribution >= 0.6 is 24.0 Å². The molecule has 0 fully saturated rings. The highest BCUT2D eigenvalue weighted by molar-refractivity contribution is 7.80. The Hall–Kier alpha value is -1.74. The Bertz CT molecular complexity index is 698. The van der Waals surface area contributed by atoms with E-state index in [4.69, 9.17) is 0 Å². The number of thiazole rings is 1. The molecular formula is C12H9F3N2O2S2. The number of carbonyl (C=O) groups is 1. The molecule has 1 amide bonds. The number of halogens is 3. The fraction of sp³-hybridized carbons (Fsp3) is 0.167. The highest BCUT2D eigenvalue weighted by Crippen LogP contribution is 2.32. The van der Waals surface area contributed by atoms with Crippen molar-refractivity contribution < 1.29 is 23.1 Å². The number of alkyl halides is 3. The van der Waals surface area contributed by atoms with E-state index in [1.54, 1.807) is 13.0 Å². The van der Waals surface area contributed by atoms with Crippen LogP contribution in [0.4, 0.5) is 18.3 Å². The molecule has 112 valence electrons. The van der Waals surface area contributed by atoms with Gasteiger partial charge in [-0.05, 0) is 24.6 Å². The minimum atomic E-state index is -4.57. The van der Waals surface area contributed by atoms with Crippen molar-refractivity contribution in [1.29, 1.82) is 0 Å². The molecule has 2 aromatic rings. The first kappa shape index (κ1) is 15.6. The SMILES string of the molecule is Cc1cc(S)cc(C(=O)Nc2nc(C(F)(F)F)cs2)c1O. The molecule has 2 rings (SSSR count). The summed E-state index contributed by atoms with van der Waals surface area (Å²) < 4.78 is 37.2. The number of aromatic hydroxyl groups is 1. The number of phenols is 1. The molecule has 0 spiro atoms. The Balaban J connectivity index is 2.25. The maximum atomic E-state index is 12.4. The van der Waals surface area contributed by atoms with Gasteiger partial charge in [0.25, 0.3) is 5.91 Å². The highest BCUT2D eigenvalue weighted by atomic mass is 32.1. The zero-order valence-corrected chi connectivity index (χ0v) is 12.2. The van der Waals surface area contributed by atoms with Gasteiger partial charge in [-0.15, -0.1) is 24.0 Å². The van der Waals surface area contributed by atoms with E-state index in [1.165, 1.54) is 6.07 Å². The minimum Gasteiger partial charge on any atom is -0.507 e. The van der Waals surface area contributed by atoms with Crippen LogP contribution in [-0.2, 0) is 6.18 Å². The van der Waals surface area contributed by atoms with E-state index < -0.39 is 17.8 Å². The number of hydrogen-bond acceptors (Lipinski definition) is 5. The van der Waals surface area contributed by atoms with Crippen molar-refractivity contribution in [1.82, 2.24) is 4.98 Å². The molecule has 0 aliphatic rings. The fourth-order valence-corrected chi connectivity index (χ4v) is 2.59. The zero-order chi connectivity index (χ0) is 15.8. The normalized spacial score (nSPS) is 11.5. The third-order valence-electron chi connectivity index (χ3n) is 2.54. The number of amides is 1. The van der Waals surface area contributed by atoms with Crippen LogP contribution in [-0.4, -0.2) is 16.0 Å². The van der Waals surface area contributed by atoms with Gasteiger partial charge in [0.1, 0.15) is 5.75 Å². The standard InChI is InChI=1S/C12H9F3N2O2S2/c1-5-2-6(20)3-7(9(5)18)10(19)17-11-16-8(4-21-11)12(13,14)15/h2-4,18,20H,1H3,(H,16,17,19). The van der Waals surface area contributed by atoms with Gasteiger partial charge >= 0.3 is 6.18 Å². The second kappa shape index (κ2) is 5.57. The van der Waals surface area contributed by atoms with Gasteiger partial charge in [0.05, 0.1) is 5.56 Å². The number of rotatable bonds is 2. The van der Waals surface area contributed by atoms with Gasteiger partial charge in [0.2, 0.25) is 0 Å². The number of hydrogen-bond donors (Lipinski definition) is 3. The van der Waals surface area contributed by atoms with Crippen LogP contribution < -0.4 is 5.32 Å². The third-order valence-corrected chi connectivity index (χ3v) is 3.56. The molecule has 0 saturated heterocycles. The van der Waals surface area contributed by atoms with Crippen LogP contribution in [0, 0.1) is 6.92 Å². The molecule has 21 heavy (non-hydrogen) atoms. The van der Waals surface area contributed by atoms with Crippen LogP contribution in [0.2, 0.25) is 0 Å². The average Bonchev–Trinajstić information content (AvgIpc) is 2.82. The van der Waals surface area contributed by atoms with Crippen molar-refractivity contribution in [3.05, 3.63) is 34.3 Å². The van der Waals surface area contributed by atoms with Crippen molar-refractivity contribution in [3.63, 3.8) is 0 Å². The summed E-state index contributed by atoms with van der Waals surface area (Å²) in [6, 6.07) is 2.87. The summed E-state index contributed by atoms with van der Waals surface area (Å²) in [6.07, 6.45) is -4.57. The lowest BCUT2D eigenvalue weighted by atomic mass is 10.1. The summed E-state index contributed by atoms with van der Waals surface area (Å²) in [4.78, 5) is 15.7. The van der Waals surface area contributed by atoms with E-state index in [2.05, 4.69) is 22.9 Å². The molecule has 0 saturated carbocycles. The van der Waals surface area contributed by atoms with Gasteiger partial charge < -0.3 is 5.11 Å². The molecule has 0 bridgehead atoms. The molecule has 1 aromatic carbocycles. The van der Waals surface area contributed by atoms with Crippen LogP contribution in [0.5, 0.6) is 5.75 Å². The van der Waals surface area contributed by atoms with Gasteiger partial charge in [-0.1, -0.05) is 0 Å². The zero-order valence-electron chi connectivity index (χ0n) is 10.5. The van der Waals surface area contributed by atoms with E-state index in [0.717, 1.165) is 5.38 Å². The van der Waals surface area contributed by atoms with Crippen molar-refractivity contribution >= 4 is 35.0 Å². The summed E-state index contributed by atoms with van der Waals surface area (Å²) in [5, 5.41) is 12.6. The van der Waals surface area contributed by atoms with Crippen molar-refractivity contribution in [3.8, 4) is 5.75 Å². The van der Waals surface area contributed by atoms with Crippen molar-refractivity contribution in [2.24, 2.45) is 0 Å². The Morgan fingerprint density at radius 1 is 1.43 bits per heavy atom. The molecule has 0 atom stereocenters. The molecule has 4 nitrogen and oxygen atoms in total. The van der Waals surface area contributed by atoms with Crippen LogP contribution in [0.3, 0.4) is 0 Å². The monoisotopic (exact) mass is 334 g/mol. The first-order chi connectivity index (χ1) is 9.68. The van der Waals surface area contributed by atoms with Gasteiger partial charge in [0, 0.05) is 10.3 Å². The summed E-state index contributed by atoms with van der Waals surface area (Å²) >= 11 is 4.73. The predicted molar refractivity (Wildman–Crippen MR) is 75.2 cm³/mol. The van der Waals surface area contributed by atoms with E-state index in [1.807, 2.05) is 0 Å². The number of benzene rings is 1. The number of aryl methyl sites for hydroxylation is 1. The maximum Gasteiger partial charge on any atom is 0.434 e. The van der Waals surface area contributed by atoms with Gasteiger partial charge in [-0.3, -0.25) is 10.1 Å². The molecular weight excluding hydrogens is 325 g/mol. The van der Waals surface area contributed by atoms with Crippen molar-refractivity contribution in [2.45, 2.75) is 18.0 Å². The summed E-state index contributed by atoms with van der Waals surface area (Å²) in [5.41, 5.74) is -0.724. The van der Waals surface area contributed by atoms with E-state index in [0.29, 0.717) is 21.8 Å². The Labute approximate surface area is 127 Å². The lowest BCUT2D eigenvalue weighted by Crippen LogP contribution is -2.13. The Morgan fingerprint density at radius 2 is 2.10 bits per heavy atom. The van der Waals surface area contributed by atoms with Gasteiger partial charge in [0.15, 0.2) is 10.8 Å². The third kappa shape index (κ3) is 3.48. The predicted octanol–water partition coefficient (Wildman–Crippen LogP) is 3.72. The molecule has 0 aliphatic heterocycles. The Morgan fingerprint density at radius 3 is 2.67 bits per heavy atom. The second-order valence-electron chi connectivity index (χ2n) is 4.15. The van der Waals surface area contributed by atoms with E-state index in [-0.39, 0.29) is 16.4 Å². The largest absolute Gasteiger partial charge is 0.507 e. The molecule has 1 aromatic heterocycles. The quantitative estimate of drug-likeness (QED) is 0.734. The van der Waals surface area contributed by atoms with Gasteiger partial charge in [-0.25, -0.2) is 4.98 Å². The molecule has 9 heteroatoms. The number of phenolic OH excluding ortho intramolecular Hbond substituents is 1. The van der Waals surface area contributed by atoms with Crippen LogP contribution in [0.1, 0.15) is 21.6 Å². The van der Waals surface area contributed by atoms with E-state index >= 15 is 0 Å². The lowest BCUT2D eigenvalue weighted by molar-refractivity contribution is -0.140. The summed E-state index contributed by atoms with van der Waals surface area (Å²) in [7, 11) is 0. The van der Waals surface area contributed by atoms with Crippen LogP contribution in [0.15, 0.2) is 22.4 Å².